The van der Waals surface area contributed by atoms with Crippen molar-refractivity contribution in [1.29, 1.82) is 0 Å². The fraction of sp³-hybridized carbons (Fsp3) is 0.429. The van der Waals surface area contributed by atoms with Crippen LogP contribution in [0.3, 0.4) is 0 Å². The Labute approximate surface area is 164 Å². The molecule has 2 aromatic rings. The fourth-order valence-corrected chi connectivity index (χ4v) is 3.66. The molecule has 6 nitrogen and oxygen atoms in total. The van der Waals surface area contributed by atoms with Crippen LogP contribution in [0.15, 0.2) is 30.3 Å². The van der Waals surface area contributed by atoms with E-state index in [0.717, 1.165) is 55.7 Å². The molecule has 7 heteroatoms. The van der Waals surface area contributed by atoms with E-state index in [0.29, 0.717) is 12.3 Å². The van der Waals surface area contributed by atoms with Crippen molar-refractivity contribution in [3.8, 4) is 5.75 Å². The van der Waals surface area contributed by atoms with Crippen LogP contribution >= 0.6 is 0 Å². The molecule has 1 aromatic heterocycles. The summed E-state index contributed by atoms with van der Waals surface area (Å²) in [7, 11) is 2.80. The zero-order chi connectivity index (χ0) is 20.3. The smallest absolute Gasteiger partial charge is 0.255 e. The van der Waals surface area contributed by atoms with Crippen LogP contribution in [0.2, 0.25) is 0 Å². The SMILES string of the molecule is CO.Cc1cc2c(nc1N1CCC(Oc3ccc(F)cc3)CC1)CN(C)C2=O. The normalized spacial score (nSPS) is 16.5. The molecular formula is C21H26FN3O3. The van der Waals surface area contributed by atoms with Gasteiger partial charge in [0.25, 0.3) is 5.91 Å². The van der Waals surface area contributed by atoms with E-state index in [2.05, 4.69) is 4.90 Å². The molecule has 2 aliphatic heterocycles. The Hall–Kier alpha value is -2.67. The first kappa shape index (κ1) is 20.1. The number of nitrogens with zero attached hydrogens (tertiary/aromatic N) is 3. The van der Waals surface area contributed by atoms with Gasteiger partial charge in [0, 0.05) is 40.1 Å². The predicted octanol–water partition coefficient (Wildman–Crippen LogP) is 2.77. The van der Waals surface area contributed by atoms with E-state index < -0.39 is 0 Å². The maximum atomic E-state index is 13.0. The highest BCUT2D eigenvalue weighted by Crippen LogP contribution is 2.29. The van der Waals surface area contributed by atoms with Crippen molar-refractivity contribution in [3.63, 3.8) is 0 Å². The number of halogens is 1. The van der Waals surface area contributed by atoms with Crippen LogP contribution in [0, 0.1) is 12.7 Å². The van der Waals surface area contributed by atoms with Gasteiger partial charge in [-0.2, -0.15) is 0 Å². The zero-order valence-corrected chi connectivity index (χ0v) is 16.5. The summed E-state index contributed by atoms with van der Waals surface area (Å²) in [6.07, 6.45) is 1.89. The largest absolute Gasteiger partial charge is 0.490 e. The summed E-state index contributed by atoms with van der Waals surface area (Å²) in [5.41, 5.74) is 2.62. The molecule has 1 N–H and O–H groups in total. The Morgan fingerprint density at radius 3 is 2.46 bits per heavy atom. The zero-order valence-electron chi connectivity index (χ0n) is 16.5. The number of carbonyl (C=O) groups is 1. The van der Waals surface area contributed by atoms with Crippen molar-refractivity contribution < 1.29 is 19.0 Å². The summed E-state index contributed by atoms with van der Waals surface area (Å²) in [6, 6.07) is 8.13. The number of ether oxygens (including phenoxy) is 1. The predicted molar refractivity (Wildman–Crippen MR) is 105 cm³/mol. The molecule has 0 atom stereocenters. The molecule has 0 radical (unpaired) electrons. The summed E-state index contributed by atoms with van der Waals surface area (Å²) >= 11 is 0. The van der Waals surface area contributed by atoms with Crippen molar-refractivity contribution in [2.75, 3.05) is 32.1 Å². The van der Waals surface area contributed by atoms with Crippen molar-refractivity contribution in [2.45, 2.75) is 32.4 Å². The number of aliphatic hydroxyl groups excluding tert-OH is 1. The number of hydrogen-bond acceptors (Lipinski definition) is 5. The molecule has 0 aliphatic carbocycles. The minimum atomic E-state index is -0.255. The summed E-state index contributed by atoms with van der Waals surface area (Å²) in [5.74, 6) is 1.47. The second-order valence-electron chi connectivity index (χ2n) is 7.04. The molecule has 1 aromatic carbocycles. The third-order valence-corrected chi connectivity index (χ3v) is 5.09. The first-order valence-electron chi connectivity index (χ1n) is 9.39. The molecule has 2 aliphatic rings. The Morgan fingerprint density at radius 2 is 1.82 bits per heavy atom. The lowest BCUT2D eigenvalue weighted by atomic mass is 10.1. The highest BCUT2D eigenvalue weighted by atomic mass is 19.1. The van der Waals surface area contributed by atoms with Gasteiger partial charge in [-0.15, -0.1) is 0 Å². The van der Waals surface area contributed by atoms with E-state index in [-0.39, 0.29) is 17.8 Å². The summed E-state index contributed by atoms with van der Waals surface area (Å²) in [4.78, 5) is 20.8. The molecule has 1 amide bonds. The maximum absolute atomic E-state index is 13.0. The summed E-state index contributed by atoms with van der Waals surface area (Å²) in [6.45, 7) is 4.28. The van der Waals surface area contributed by atoms with Gasteiger partial charge in [-0.05, 0) is 42.8 Å². The number of pyridine rings is 1. The standard InChI is InChI=1S/C20H22FN3O2.CH4O/c1-13-11-17-18(12-23(2)20(17)25)22-19(13)24-9-7-16(8-10-24)26-15-5-3-14(21)4-6-15;1-2/h3-6,11,16H,7-10,12H2,1-2H3;2H,1H3. The minimum Gasteiger partial charge on any atom is -0.490 e. The molecule has 0 saturated carbocycles. The van der Waals surface area contributed by atoms with Crippen LogP contribution in [0.25, 0.3) is 0 Å². The van der Waals surface area contributed by atoms with Crippen molar-refractivity contribution in [2.24, 2.45) is 0 Å². The molecule has 28 heavy (non-hydrogen) atoms. The van der Waals surface area contributed by atoms with Gasteiger partial charge >= 0.3 is 0 Å². The highest BCUT2D eigenvalue weighted by Gasteiger charge is 2.29. The van der Waals surface area contributed by atoms with E-state index >= 15 is 0 Å². The van der Waals surface area contributed by atoms with Crippen LogP contribution < -0.4 is 9.64 Å². The first-order valence-corrected chi connectivity index (χ1v) is 9.39. The van der Waals surface area contributed by atoms with Crippen LogP contribution in [0.1, 0.15) is 34.5 Å². The molecule has 4 rings (SSSR count). The molecule has 1 fully saturated rings. The third-order valence-electron chi connectivity index (χ3n) is 5.09. The Morgan fingerprint density at radius 1 is 1.18 bits per heavy atom. The number of carbonyl (C=O) groups excluding carboxylic acids is 1. The van der Waals surface area contributed by atoms with E-state index in [9.17, 15) is 9.18 Å². The molecule has 1 saturated heterocycles. The fourth-order valence-electron chi connectivity index (χ4n) is 3.66. The maximum Gasteiger partial charge on any atom is 0.255 e. The van der Waals surface area contributed by atoms with Gasteiger partial charge in [-0.1, -0.05) is 0 Å². The van der Waals surface area contributed by atoms with Crippen molar-refractivity contribution in [3.05, 3.63) is 53.0 Å². The second-order valence-corrected chi connectivity index (χ2v) is 7.04. The van der Waals surface area contributed by atoms with Gasteiger partial charge in [-0.3, -0.25) is 4.79 Å². The summed E-state index contributed by atoms with van der Waals surface area (Å²) < 4.78 is 19.0. The minimum absolute atomic E-state index is 0.0496. The van der Waals surface area contributed by atoms with Crippen LogP contribution in [0.5, 0.6) is 5.75 Å². The lowest BCUT2D eigenvalue weighted by molar-refractivity contribution is 0.0816. The van der Waals surface area contributed by atoms with Crippen LogP contribution in [-0.2, 0) is 6.54 Å². The quantitative estimate of drug-likeness (QED) is 0.877. The molecule has 0 bridgehead atoms. The lowest BCUT2D eigenvalue weighted by Crippen LogP contribution is -2.39. The lowest BCUT2D eigenvalue weighted by Gasteiger charge is -2.34. The number of aliphatic hydroxyl groups is 1. The Bertz CT molecular complexity index is 834. The molecule has 3 heterocycles. The van der Waals surface area contributed by atoms with Gasteiger partial charge in [0.15, 0.2) is 0 Å². The number of anilines is 1. The number of benzene rings is 1. The number of hydrogen-bond donors (Lipinski definition) is 1. The van der Waals surface area contributed by atoms with Crippen molar-refractivity contribution in [1.82, 2.24) is 9.88 Å². The monoisotopic (exact) mass is 387 g/mol. The van der Waals surface area contributed by atoms with Crippen LogP contribution in [-0.4, -0.2) is 54.2 Å². The Balaban J connectivity index is 0.00000109. The van der Waals surface area contributed by atoms with E-state index in [4.69, 9.17) is 14.8 Å². The molecular weight excluding hydrogens is 361 g/mol. The molecule has 0 unspecified atom stereocenters. The first-order chi connectivity index (χ1) is 13.5. The number of piperidine rings is 1. The second kappa shape index (κ2) is 8.56. The highest BCUT2D eigenvalue weighted by molar-refractivity contribution is 5.98. The van der Waals surface area contributed by atoms with E-state index in [1.807, 2.05) is 13.0 Å². The van der Waals surface area contributed by atoms with Crippen LogP contribution in [0.4, 0.5) is 10.2 Å². The van der Waals surface area contributed by atoms with E-state index in [1.165, 1.54) is 12.1 Å². The third kappa shape index (κ3) is 4.09. The van der Waals surface area contributed by atoms with Gasteiger partial charge < -0.3 is 19.6 Å². The van der Waals surface area contributed by atoms with Gasteiger partial charge in [-0.25, -0.2) is 9.37 Å². The summed E-state index contributed by atoms with van der Waals surface area (Å²) in [5, 5.41) is 7.00. The van der Waals surface area contributed by atoms with Gasteiger partial charge in [0.2, 0.25) is 0 Å². The van der Waals surface area contributed by atoms with Crippen molar-refractivity contribution >= 4 is 11.7 Å². The topological polar surface area (TPSA) is 65.9 Å². The molecule has 0 spiro atoms. The van der Waals surface area contributed by atoms with Gasteiger partial charge in [0.1, 0.15) is 23.5 Å². The molecule has 150 valence electrons. The Kier molecular flexibility index (Phi) is 6.14. The van der Waals surface area contributed by atoms with Gasteiger partial charge in [0.05, 0.1) is 17.8 Å². The number of rotatable bonds is 3. The number of aryl methyl sites for hydroxylation is 1. The number of fused-ring (bicyclic) bond motifs is 1. The number of amides is 1. The average Bonchev–Trinajstić information content (AvgIpc) is 2.99. The number of aromatic nitrogens is 1. The average molecular weight is 387 g/mol. The van der Waals surface area contributed by atoms with E-state index in [1.54, 1.807) is 24.1 Å².